The Morgan fingerprint density at radius 3 is 1.19 bits per heavy atom. The Kier molecular flexibility index (Phi) is 12.6. The van der Waals surface area contributed by atoms with Gasteiger partial charge >= 0.3 is 50.1 Å². The van der Waals surface area contributed by atoms with Gasteiger partial charge in [0.2, 0.25) is 6.29 Å². The molecule has 0 fully saturated rings. The molecule has 0 radical (unpaired) electrons. The molecule has 0 aliphatic heterocycles. The topological polar surface area (TPSA) is 77.2 Å². The van der Waals surface area contributed by atoms with Gasteiger partial charge < -0.3 is 0 Å². The molecule has 0 amide bonds. The van der Waals surface area contributed by atoms with E-state index in [0.29, 0.717) is 0 Å². The molecular weight excluding hydrogens is 775 g/mol. The minimum atomic E-state index is -10.7. The van der Waals surface area contributed by atoms with E-state index in [-0.39, 0.29) is 17.1 Å². The van der Waals surface area contributed by atoms with Crippen molar-refractivity contribution in [1.82, 2.24) is 29.3 Å². The van der Waals surface area contributed by atoms with E-state index in [0.717, 1.165) is 17.1 Å². The second-order valence-electron chi connectivity index (χ2n) is 13.4. The first-order valence-corrected chi connectivity index (χ1v) is 18.7. The van der Waals surface area contributed by atoms with Crippen LogP contribution in [0.25, 0.3) is 33.8 Å². The normalized spacial score (nSPS) is 12.4. The smallest absolute Gasteiger partial charge is 1.00 e. The number of benzene rings is 3. The molecular formula is C39H43CuF6N7P. The number of aromatic nitrogens is 6. The minimum absolute atomic E-state index is 0. The van der Waals surface area contributed by atoms with Crippen LogP contribution in [-0.4, -0.2) is 29.3 Å². The summed E-state index contributed by atoms with van der Waals surface area (Å²) in [7, 11) is -10.7. The molecule has 0 aliphatic rings. The van der Waals surface area contributed by atoms with E-state index in [1.165, 1.54) is 73.7 Å². The maximum atomic E-state index is 9.87. The predicted octanol–water partition coefficient (Wildman–Crippen LogP) is 12.5. The number of aryl methyl sites for hydroxylation is 9. The van der Waals surface area contributed by atoms with Gasteiger partial charge in [0.05, 0.1) is 23.2 Å². The molecule has 3 aromatic heterocycles. The van der Waals surface area contributed by atoms with Gasteiger partial charge in [0.25, 0.3) is 0 Å². The van der Waals surface area contributed by atoms with E-state index in [2.05, 4.69) is 117 Å². The molecule has 0 spiro atoms. The van der Waals surface area contributed by atoms with Crippen molar-refractivity contribution in [2.75, 3.05) is 0 Å². The van der Waals surface area contributed by atoms with Crippen molar-refractivity contribution in [3.05, 3.63) is 123 Å². The van der Waals surface area contributed by atoms with Crippen molar-refractivity contribution in [1.29, 1.82) is 5.26 Å². The number of hydrogen-bond donors (Lipinski definition) is 0. The van der Waals surface area contributed by atoms with Crippen molar-refractivity contribution in [2.45, 2.75) is 75.5 Å². The van der Waals surface area contributed by atoms with Crippen LogP contribution in [0.3, 0.4) is 0 Å². The molecule has 0 N–H and O–H groups in total. The van der Waals surface area contributed by atoms with Crippen LogP contribution in [0.2, 0.25) is 0 Å². The maximum absolute atomic E-state index is 10.7. The van der Waals surface area contributed by atoms with Crippen molar-refractivity contribution < 1.29 is 42.3 Å². The standard InChI is InChI=1S/C37H40N6.C2H3N.Cu.F6P/c1-22-16-25(4)34(26(5)17-22)31-11-14-41(39-31)37(42-15-12-32(40-42)35-27(6)18-23(2)19-28(35)7)43-33(10-13-38-43)36-29(8)20-24(3)21-30(36)9;1-2-3;;1-7(2,3,4,5)6/h10-21,37H,1-9H3;1H3;;/q;;+1;-1. The van der Waals surface area contributed by atoms with Crippen LogP contribution in [0.15, 0.2) is 73.2 Å². The summed E-state index contributed by atoms with van der Waals surface area (Å²) in [6.45, 7) is 20.8. The fraction of sp³-hybridized carbons (Fsp3) is 0.282. The molecule has 3 aromatic carbocycles. The number of halogens is 6. The van der Waals surface area contributed by atoms with Crippen LogP contribution in [-0.2, 0) is 17.1 Å². The largest absolute Gasteiger partial charge is 1.00 e. The first-order valence-electron chi connectivity index (χ1n) is 16.6. The van der Waals surface area contributed by atoms with E-state index in [4.69, 9.17) is 20.6 Å². The van der Waals surface area contributed by atoms with Gasteiger partial charge in [-0.3, -0.25) is 0 Å². The van der Waals surface area contributed by atoms with E-state index in [1.807, 2.05) is 32.6 Å². The molecule has 0 saturated heterocycles. The third-order valence-electron chi connectivity index (χ3n) is 8.38. The summed E-state index contributed by atoms with van der Waals surface area (Å²) in [5.74, 6) is 0. The van der Waals surface area contributed by atoms with Crippen LogP contribution < -0.4 is 0 Å². The number of rotatable bonds is 6. The van der Waals surface area contributed by atoms with Crippen LogP contribution >= 0.6 is 7.81 Å². The van der Waals surface area contributed by atoms with Crippen LogP contribution in [0, 0.1) is 73.6 Å². The zero-order chi connectivity index (χ0) is 39.7. The summed E-state index contributed by atoms with van der Waals surface area (Å²) < 4.78 is 65.2. The summed E-state index contributed by atoms with van der Waals surface area (Å²) >= 11 is 0. The summed E-state index contributed by atoms with van der Waals surface area (Å²) in [6, 6.07) is 21.4. The van der Waals surface area contributed by atoms with Crippen molar-refractivity contribution in [3.8, 4) is 39.8 Å². The second-order valence-corrected chi connectivity index (χ2v) is 15.3. The van der Waals surface area contributed by atoms with Crippen LogP contribution in [0.4, 0.5) is 25.2 Å². The summed E-state index contributed by atoms with van der Waals surface area (Å²) in [4.78, 5) is 0. The van der Waals surface area contributed by atoms with E-state index in [1.54, 1.807) is 6.07 Å². The zero-order valence-electron chi connectivity index (χ0n) is 31.7. The van der Waals surface area contributed by atoms with Crippen molar-refractivity contribution in [3.63, 3.8) is 0 Å². The molecule has 0 saturated carbocycles. The average molecular weight is 818 g/mol. The zero-order valence-corrected chi connectivity index (χ0v) is 33.5. The monoisotopic (exact) mass is 817 g/mol. The van der Waals surface area contributed by atoms with Gasteiger partial charge in [-0.1, -0.05) is 53.1 Å². The molecule has 3 heterocycles. The van der Waals surface area contributed by atoms with Crippen LogP contribution in [0.1, 0.15) is 63.3 Å². The third kappa shape index (κ3) is 11.2. The predicted molar refractivity (Wildman–Crippen MR) is 200 cm³/mol. The van der Waals surface area contributed by atoms with E-state index in [9.17, 15) is 25.2 Å². The Hall–Kier alpha value is -4.69. The maximum Gasteiger partial charge on any atom is 1.00 e. The summed E-state index contributed by atoms with van der Waals surface area (Å²) in [5.41, 5.74) is 17.5. The summed E-state index contributed by atoms with van der Waals surface area (Å²) in [5, 5.41) is 22.6. The molecule has 0 unspecified atom stereocenters. The number of nitriles is 1. The molecule has 0 aliphatic carbocycles. The van der Waals surface area contributed by atoms with Crippen molar-refractivity contribution in [2.24, 2.45) is 0 Å². The Balaban J connectivity index is 0.000000634. The molecule has 15 heteroatoms. The second kappa shape index (κ2) is 15.6. The SMILES string of the molecule is CC#N.Cc1cc(C)c(-c2ccn(C(n3ccc(-c4c(C)cc(C)cc4C)n3)n3nccc3-c3c(C)cc(C)cc3C)n2)c(C)c1.F[P-](F)(F)(F)(F)F.[Cu+]. The van der Waals surface area contributed by atoms with Crippen molar-refractivity contribution >= 4 is 7.81 Å². The van der Waals surface area contributed by atoms with Gasteiger partial charge in [0, 0.05) is 42.2 Å². The first-order chi connectivity index (χ1) is 24.4. The van der Waals surface area contributed by atoms with Gasteiger partial charge in [-0.15, -0.1) is 0 Å². The first kappa shape index (κ1) is 43.7. The Bertz CT molecular complexity index is 2160. The van der Waals surface area contributed by atoms with Gasteiger partial charge in [-0.25, -0.2) is 14.0 Å². The summed E-state index contributed by atoms with van der Waals surface area (Å²) in [6.07, 6.45) is 5.51. The number of hydrogen-bond acceptors (Lipinski definition) is 4. The molecule has 0 bridgehead atoms. The fourth-order valence-electron chi connectivity index (χ4n) is 6.99. The molecule has 54 heavy (non-hydrogen) atoms. The third-order valence-corrected chi connectivity index (χ3v) is 8.38. The molecule has 292 valence electrons. The Labute approximate surface area is 322 Å². The quantitative estimate of drug-likeness (QED) is 0.0953. The molecule has 6 aromatic rings. The van der Waals surface area contributed by atoms with E-state index >= 15 is 0 Å². The molecule has 7 nitrogen and oxygen atoms in total. The minimum Gasteiger partial charge on any atom is 1.00 e. The Morgan fingerprint density at radius 2 is 0.870 bits per heavy atom. The van der Waals surface area contributed by atoms with E-state index < -0.39 is 14.1 Å². The van der Waals surface area contributed by atoms with Gasteiger partial charge in [0.15, 0.2) is 0 Å². The van der Waals surface area contributed by atoms with Gasteiger partial charge in [-0.2, -0.15) is 20.6 Å². The molecule has 6 rings (SSSR count). The Morgan fingerprint density at radius 1 is 0.574 bits per heavy atom. The number of nitrogens with zero attached hydrogens (tertiary/aromatic N) is 7. The van der Waals surface area contributed by atoms with Gasteiger partial charge in [0.1, 0.15) is 0 Å². The molecule has 0 atom stereocenters. The fourth-order valence-corrected chi connectivity index (χ4v) is 6.99. The van der Waals surface area contributed by atoms with Gasteiger partial charge in [-0.05, 0) is 114 Å². The average Bonchev–Trinajstić information content (AvgIpc) is 3.74. The van der Waals surface area contributed by atoms with Crippen LogP contribution in [0.5, 0.6) is 0 Å².